The van der Waals surface area contributed by atoms with Crippen LogP contribution in [0.1, 0.15) is 21.5 Å². The van der Waals surface area contributed by atoms with E-state index in [1.165, 1.54) is 23.9 Å². The molecule has 1 heterocycles. The first-order valence-electron chi connectivity index (χ1n) is 8.70. The van der Waals surface area contributed by atoms with Crippen molar-refractivity contribution in [3.8, 4) is 5.75 Å². The molecule has 0 radical (unpaired) electrons. The number of ketones is 1. The van der Waals surface area contributed by atoms with Crippen molar-refractivity contribution in [1.29, 1.82) is 0 Å². The summed E-state index contributed by atoms with van der Waals surface area (Å²) in [5.41, 5.74) is 2.35. The molecule has 7 heteroatoms. The number of thioether (sulfide) groups is 1. The third-order valence-corrected chi connectivity index (χ3v) is 5.97. The quantitative estimate of drug-likeness (QED) is 0.251. The number of carbonyl (C=O) groups excluding carboxylic acids is 1. The predicted octanol–water partition coefficient (Wildman–Crippen LogP) is 6.27. The van der Waals surface area contributed by atoms with Gasteiger partial charge in [-0.05, 0) is 54.1 Å². The van der Waals surface area contributed by atoms with Crippen LogP contribution in [0.5, 0.6) is 5.75 Å². The third-order valence-electron chi connectivity index (χ3n) is 4.38. The third kappa shape index (κ3) is 4.26. The molecule has 0 bridgehead atoms. The summed E-state index contributed by atoms with van der Waals surface area (Å²) in [5.74, 6) is 0.635. The summed E-state index contributed by atoms with van der Waals surface area (Å²) in [6, 6.07) is 19.4. The number of nitro benzene ring substituents is 1. The number of rotatable bonds is 5. The lowest BCUT2D eigenvalue weighted by Crippen LogP contribution is -1.98. The SMILES string of the molecule is O=C1/C(=C\c2cc(Br)ccc2OCc2ccc([N+](=O)[O-])cc2)Sc2ccccc21. The van der Waals surface area contributed by atoms with Crippen LogP contribution in [0.25, 0.3) is 6.08 Å². The minimum atomic E-state index is -0.433. The standard InChI is InChI=1S/C22H14BrNO4S/c23-16-7-10-19(28-13-14-5-8-17(9-6-14)24(26)27)15(11-16)12-21-22(25)18-3-1-2-4-20(18)29-21/h1-12H,13H2/b21-12+. The van der Waals surface area contributed by atoms with Crippen LogP contribution in [0.3, 0.4) is 0 Å². The van der Waals surface area contributed by atoms with E-state index in [-0.39, 0.29) is 18.1 Å². The molecular weight excluding hydrogens is 454 g/mol. The number of carbonyl (C=O) groups is 1. The van der Waals surface area contributed by atoms with E-state index in [1.54, 1.807) is 12.1 Å². The summed E-state index contributed by atoms with van der Waals surface area (Å²) in [6.07, 6.45) is 1.84. The maximum atomic E-state index is 12.7. The zero-order chi connectivity index (χ0) is 20.4. The number of halogens is 1. The van der Waals surface area contributed by atoms with E-state index in [9.17, 15) is 14.9 Å². The number of hydrogen-bond donors (Lipinski definition) is 0. The minimum Gasteiger partial charge on any atom is -0.488 e. The first-order chi connectivity index (χ1) is 14.0. The Hall–Kier alpha value is -2.90. The van der Waals surface area contributed by atoms with E-state index >= 15 is 0 Å². The molecule has 0 spiro atoms. The molecule has 3 aromatic carbocycles. The lowest BCUT2D eigenvalue weighted by atomic mass is 10.1. The molecule has 1 aliphatic rings. The highest BCUT2D eigenvalue weighted by molar-refractivity contribution is 9.10. The van der Waals surface area contributed by atoms with Crippen molar-refractivity contribution >= 4 is 45.2 Å². The van der Waals surface area contributed by atoms with Gasteiger partial charge in [0.2, 0.25) is 5.78 Å². The molecule has 0 unspecified atom stereocenters. The number of benzene rings is 3. The topological polar surface area (TPSA) is 69.4 Å². The summed E-state index contributed by atoms with van der Waals surface area (Å²) in [6.45, 7) is 0.261. The van der Waals surface area contributed by atoms with Crippen LogP contribution in [0, 0.1) is 10.1 Å². The lowest BCUT2D eigenvalue weighted by Gasteiger charge is -2.10. The van der Waals surface area contributed by atoms with E-state index in [1.807, 2.05) is 48.5 Å². The highest BCUT2D eigenvalue weighted by atomic mass is 79.9. The molecule has 0 saturated heterocycles. The normalized spacial score (nSPS) is 14.1. The van der Waals surface area contributed by atoms with Gasteiger partial charge in [-0.1, -0.05) is 39.8 Å². The Morgan fingerprint density at radius 1 is 1.07 bits per heavy atom. The van der Waals surface area contributed by atoms with Gasteiger partial charge in [0.1, 0.15) is 12.4 Å². The van der Waals surface area contributed by atoms with E-state index in [0.717, 1.165) is 20.5 Å². The van der Waals surface area contributed by atoms with Gasteiger partial charge in [0.05, 0.1) is 9.83 Å². The molecule has 0 N–H and O–H groups in total. The maximum Gasteiger partial charge on any atom is 0.269 e. The number of nitro groups is 1. The van der Waals surface area contributed by atoms with Crippen LogP contribution in [0.4, 0.5) is 5.69 Å². The number of Topliss-reactive ketones (excluding diaryl/α,β-unsaturated/α-hetero) is 1. The molecular formula is C22H14BrNO4S. The molecule has 0 amide bonds. The Morgan fingerprint density at radius 3 is 2.55 bits per heavy atom. The average Bonchev–Trinajstić information content (AvgIpc) is 3.03. The Kier molecular flexibility index (Phi) is 5.51. The van der Waals surface area contributed by atoms with Crippen LogP contribution in [0.15, 0.2) is 81.0 Å². The summed E-state index contributed by atoms with van der Waals surface area (Å²) in [5, 5.41) is 10.8. The molecule has 0 saturated carbocycles. The van der Waals surface area contributed by atoms with Crippen LogP contribution < -0.4 is 4.74 Å². The van der Waals surface area contributed by atoms with Crippen molar-refractivity contribution in [1.82, 2.24) is 0 Å². The van der Waals surface area contributed by atoms with Crippen molar-refractivity contribution in [2.24, 2.45) is 0 Å². The van der Waals surface area contributed by atoms with Crippen LogP contribution in [-0.2, 0) is 6.61 Å². The fourth-order valence-electron chi connectivity index (χ4n) is 2.92. The second kappa shape index (κ2) is 8.23. The zero-order valence-corrected chi connectivity index (χ0v) is 17.4. The highest BCUT2D eigenvalue weighted by Crippen LogP contribution is 2.41. The van der Waals surface area contributed by atoms with Gasteiger partial charge in [-0.15, -0.1) is 0 Å². The number of nitrogens with zero attached hydrogens (tertiary/aromatic N) is 1. The highest BCUT2D eigenvalue weighted by Gasteiger charge is 2.25. The summed E-state index contributed by atoms with van der Waals surface area (Å²) in [7, 11) is 0. The van der Waals surface area contributed by atoms with Crippen molar-refractivity contribution < 1.29 is 14.5 Å². The average molecular weight is 468 g/mol. The van der Waals surface area contributed by atoms with Gasteiger partial charge >= 0.3 is 0 Å². The van der Waals surface area contributed by atoms with Gasteiger partial charge in [0, 0.05) is 32.6 Å². The predicted molar refractivity (Wildman–Crippen MR) is 116 cm³/mol. The van der Waals surface area contributed by atoms with E-state index in [4.69, 9.17) is 4.74 Å². The molecule has 0 fully saturated rings. The minimum absolute atomic E-state index is 0.00638. The Balaban J connectivity index is 1.57. The molecule has 3 aromatic rings. The summed E-state index contributed by atoms with van der Waals surface area (Å²) >= 11 is 4.92. The van der Waals surface area contributed by atoms with Crippen LogP contribution in [0.2, 0.25) is 0 Å². The molecule has 1 aliphatic heterocycles. The molecule has 4 rings (SSSR count). The molecule has 0 atom stereocenters. The number of hydrogen-bond acceptors (Lipinski definition) is 5. The Labute approximate surface area is 179 Å². The zero-order valence-electron chi connectivity index (χ0n) is 15.0. The molecule has 29 heavy (non-hydrogen) atoms. The van der Waals surface area contributed by atoms with Gasteiger partial charge < -0.3 is 4.74 Å². The van der Waals surface area contributed by atoms with Crippen molar-refractivity contribution in [3.63, 3.8) is 0 Å². The van der Waals surface area contributed by atoms with Crippen molar-refractivity contribution in [3.05, 3.63) is 103 Å². The van der Waals surface area contributed by atoms with Gasteiger partial charge in [-0.2, -0.15) is 0 Å². The van der Waals surface area contributed by atoms with Crippen molar-refractivity contribution in [2.75, 3.05) is 0 Å². The first-order valence-corrected chi connectivity index (χ1v) is 10.3. The molecule has 0 aromatic heterocycles. The molecule has 144 valence electrons. The van der Waals surface area contributed by atoms with Gasteiger partial charge in [-0.3, -0.25) is 14.9 Å². The fourth-order valence-corrected chi connectivity index (χ4v) is 4.34. The Bertz CT molecular complexity index is 1140. The molecule has 5 nitrogen and oxygen atoms in total. The Morgan fingerprint density at radius 2 is 1.83 bits per heavy atom. The van der Waals surface area contributed by atoms with E-state index in [2.05, 4.69) is 15.9 Å². The summed E-state index contributed by atoms with van der Waals surface area (Å²) < 4.78 is 6.82. The largest absolute Gasteiger partial charge is 0.488 e. The monoisotopic (exact) mass is 467 g/mol. The smallest absolute Gasteiger partial charge is 0.269 e. The van der Waals surface area contributed by atoms with Crippen LogP contribution in [-0.4, -0.2) is 10.7 Å². The lowest BCUT2D eigenvalue weighted by molar-refractivity contribution is -0.384. The fraction of sp³-hybridized carbons (Fsp3) is 0.0455. The number of ether oxygens (including phenoxy) is 1. The summed E-state index contributed by atoms with van der Waals surface area (Å²) in [4.78, 5) is 24.6. The molecule has 0 aliphatic carbocycles. The van der Waals surface area contributed by atoms with Gasteiger partial charge in [0.15, 0.2) is 0 Å². The van der Waals surface area contributed by atoms with Crippen molar-refractivity contribution in [2.45, 2.75) is 11.5 Å². The van der Waals surface area contributed by atoms with Gasteiger partial charge in [-0.25, -0.2) is 0 Å². The maximum absolute atomic E-state index is 12.7. The first kappa shape index (κ1) is 19.4. The van der Waals surface area contributed by atoms with Crippen LogP contribution >= 0.6 is 27.7 Å². The van der Waals surface area contributed by atoms with Gasteiger partial charge in [0.25, 0.3) is 5.69 Å². The number of non-ortho nitro benzene ring substituents is 1. The number of allylic oxidation sites excluding steroid dienone is 1. The second-order valence-corrected chi connectivity index (χ2v) is 8.33. The second-order valence-electron chi connectivity index (χ2n) is 6.33. The van der Waals surface area contributed by atoms with E-state index in [0.29, 0.717) is 16.2 Å². The number of fused-ring (bicyclic) bond motifs is 1. The van der Waals surface area contributed by atoms with E-state index < -0.39 is 4.92 Å².